The van der Waals surface area contributed by atoms with Gasteiger partial charge in [0.2, 0.25) is 0 Å². The molecule has 0 radical (unpaired) electrons. The van der Waals surface area contributed by atoms with Crippen molar-refractivity contribution in [2.24, 2.45) is 11.1 Å². The lowest BCUT2D eigenvalue weighted by molar-refractivity contribution is -0.0865. The van der Waals surface area contributed by atoms with E-state index in [0.717, 1.165) is 23.5 Å². The largest absolute Gasteiger partial charge is 0.328 e. The maximum Gasteiger partial charge on any atom is 0.0158 e. The molecule has 2 aliphatic heterocycles. The van der Waals surface area contributed by atoms with Crippen LogP contribution in [0.4, 0.5) is 0 Å². The zero-order valence-electron chi connectivity index (χ0n) is 11.6. The highest BCUT2D eigenvalue weighted by Gasteiger charge is 2.54. The van der Waals surface area contributed by atoms with Crippen LogP contribution in [0.5, 0.6) is 0 Å². The van der Waals surface area contributed by atoms with Crippen LogP contribution in [-0.4, -0.2) is 29.1 Å². The van der Waals surface area contributed by atoms with Gasteiger partial charge in [-0.15, -0.1) is 0 Å². The van der Waals surface area contributed by atoms with Gasteiger partial charge in [-0.2, -0.15) is 0 Å². The smallest absolute Gasteiger partial charge is 0.0158 e. The molecule has 4 rings (SSSR count). The van der Waals surface area contributed by atoms with Gasteiger partial charge < -0.3 is 5.73 Å². The molecule has 0 aromatic heterocycles. The minimum atomic E-state index is 0.501. The monoisotopic (exact) mass is 248 g/mol. The van der Waals surface area contributed by atoms with E-state index >= 15 is 0 Å². The molecule has 2 bridgehead atoms. The lowest BCUT2D eigenvalue weighted by atomic mass is 9.56. The van der Waals surface area contributed by atoms with Crippen molar-refractivity contribution in [2.75, 3.05) is 0 Å². The Morgan fingerprint density at radius 3 is 2.06 bits per heavy atom. The third kappa shape index (κ3) is 1.61. The fourth-order valence-electron chi connectivity index (χ4n) is 5.75. The van der Waals surface area contributed by atoms with Gasteiger partial charge in [-0.25, -0.2) is 0 Å². The fourth-order valence-corrected chi connectivity index (χ4v) is 5.75. The summed E-state index contributed by atoms with van der Waals surface area (Å²) in [5.74, 6) is 0. The molecule has 2 saturated carbocycles. The van der Waals surface area contributed by atoms with Crippen molar-refractivity contribution < 1.29 is 0 Å². The number of rotatable bonds is 1. The van der Waals surface area contributed by atoms with Crippen LogP contribution in [0, 0.1) is 5.41 Å². The summed E-state index contributed by atoms with van der Waals surface area (Å²) < 4.78 is 0. The summed E-state index contributed by atoms with van der Waals surface area (Å²) in [7, 11) is 0. The Hall–Kier alpha value is -0.0800. The Kier molecular flexibility index (Phi) is 2.74. The molecule has 18 heavy (non-hydrogen) atoms. The Labute approximate surface area is 111 Å². The maximum atomic E-state index is 6.22. The van der Waals surface area contributed by atoms with Gasteiger partial charge in [0, 0.05) is 24.2 Å². The van der Waals surface area contributed by atoms with E-state index in [4.69, 9.17) is 5.73 Å². The van der Waals surface area contributed by atoms with Crippen molar-refractivity contribution in [2.45, 2.75) is 94.8 Å². The number of nitrogens with two attached hydrogens (primary N) is 1. The van der Waals surface area contributed by atoms with E-state index in [-0.39, 0.29) is 0 Å². The fraction of sp³-hybridized carbons (Fsp3) is 1.00. The van der Waals surface area contributed by atoms with Crippen LogP contribution in [-0.2, 0) is 0 Å². The normalized spacial score (nSPS) is 47.2. The summed E-state index contributed by atoms with van der Waals surface area (Å²) in [5.41, 5.74) is 6.97. The Bertz CT molecular complexity index is 307. The molecule has 2 heterocycles. The molecular weight excluding hydrogens is 220 g/mol. The van der Waals surface area contributed by atoms with Gasteiger partial charge in [-0.1, -0.05) is 19.3 Å². The number of hydrogen-bond acceptors (Lipinski definition) is 2. The molecule has 0 aromatic carbocycles. The predicted octanol–water partition coefficient (Wildman–Crippen LogP) is 3.05. The second-order valence-electron chi connectivity index (χ2n) is 7.54. The average molecular weight is 248 g/mol. The van der Waals surface area contributed by atoms with Crippen molar-refractivity contribution in [3.8, 4) is 0 Å². The van der Waals surface area contributed by atoms with Gasteiger partial charge in [0.1, 0.15) is 0 Å². The molecule has 3 atom stereocenters. The molecular formula is C16H28N2. The van der Waals surface area contributed by atoms with Gasteiger partial charge >= 0.3 is 0 Å². The van der Waals surface area contributed by atoms with Crippen molar-refractivity contribution in [3.63, 3.8) is 0 Å². The van der Waals surface area contributed by atoms with E-state index in [1.54, 1.807) is 0 Å². The van der Waals surface area contributed by atoms with Crippen LogP contribution >= 0.6 is 0 Å². The minimum absolute atomic E-state index is 0.501. The molecule has 4 fully saturated rings. The first-order valence-corrected chi connectivity index (χ1v) is 8.32. The number of piperidine rings is 1. The van der Waals surface area contributed by atoms with E-state index in [2.05, 4.69) is 4.90 Å². The average Bonchev–Trinajstić information content (AvgIpc) is 2.61. The predicted molar refractivity (Wildman–Crippen MR) is 74.4 cm³/mol. The van der Waals surface area contributed by atoms with Crippen molar-refractivity contribution in [1.29, 1.82) is 0 Å². The van der Waals surface area contributed by atoms with Crippen LogP contribution < -0.4 is 5.73 Å². The van der Waals surface area contributed by atoms with Crippen LogP contribution in [0.1, 0.15) is 70.6 Å². The van der Waals surface area contributed by atoms with Crippen LogP contribution in [0.25, 0.3) is 0 Å². The van der Waals surface area contributed by atoms with Crippen LogP contribution in [0.3, 0.4) is 0 Å². The van der Waals surface area contributed by atoms with Gasteiger partial charge in [0.05, 0.1) is 0 Å². The summed E-state index contributed by atoms with van der Waals surface area (Å²) in [6, 6.07) is 3.15. The van der Waals surface area contributed by atoms with Crippen molar-refractivity contribution in [3.05, 3.63) is 0 Å². The highest BCUT2D eigenvalue weighted by Crippen LogP contribution is 2.56. The summed E-state index contributed by atoms with van der Waals surface area (Å²) in [5, 5.41) is 0. The summed E-state index contributed by atoms with van der Waals surface area (Å²) in [6.45, 7) is 0. The van der Waals surface area contributed by atoms with Gasteiger partial charge in [0.15, 0.2) is 0 Å². The summed E-state index contributed by atoms with van der Waals surface area (Å²) in [4.78, 5) is 2.97. The van der Waals surface area contributed by atoms with E-state index in [1.807, 2.05) is 0 Å². The molecule has 2 saturated heterocycles. The standard InChI is InChI=1S/C16H28N2/c17-12-10-13-4-5-14(11-12)18(13)15-6-9-16(15)7-2-1-3-8-16/h12-15H,1-11,17H2. The summed E-state index contributed by atoms with van der Waals surface area (Å²) in [6.07, 6.45) is 16.0. The van der Waals surface area contributed by atoms with Gasteiger partial charge in [-0.05, 0) is 56.8 Å². The van der Waals surface area contributed by atoms with Crippen LogP contribution in [0.15, 0.2) is 0 Å². The molecule has 0 amide bonds. The van der Waals surface area contributed by atoms with E-state index < -0.39 is 0 Å². The van der Waals surface area contributed by atoms with E-state index in [1.165, 1.54) is 70.6 Å². The van der Waals surface area contributed by atoms with E-state index in [0.29, 0.717) is 6.04 Å². The molecule has 2 nitrogen and oxygen atoms in total. The topological polar surface area (TPSA) is 29.3 Å². The SMILES string of the molecule is NC1CC2CCC(C1)N2C1CCC12CCCCC2. The zero-order valence-corrected chi connectivity index (χ0v) is 11.6. The highest BCUT2D eigenvalue weighted by molar-refractivity contribution is 5.09. The maximum absolute atomic E-state index is 6.22. The molecule has 2 aliphatic carbocycles. The Morgan fingerprint density at radius 2 is 1.50 bits per heavy atom. The number of fused-ring (bicyclic) bond motifs is 2. The van der Waals surface area contributed by atoms with Crippen molar-refractivity contribution >= 4 is 0 Å². The molecule has 2 N–H and O–H groups in total. The lowest BCUT2D eigenvalue weighted by Crippen LogP contribution is -2.62. The highest BCUT2D eigenvalue weighted by atomic mass is 15.3. The summed E-state index contributed by atoms with van der Waals surface area (Å²) >= 11 is 0. The second kappa shape index (κ2) is 4.21. The third-order valence-corrected chi connectivity index (χ3v) is 6.66. The molecule has 2 heteroatoms. The molecule has 3 unspecified atom stereocenters. The van der Waals surface area contributed by atoms with E-state index in [9.17, 15) is 0 Å². The van der Waals surface area contributed by atoms with Gasteiger partial charge in [0.25, 0.3) is 0 Å². The number of nitrogens with zero attached hydrogens (tertiary/aromatic N) is 1. The second-order valence-corrected chi connectivity index (χ2v) is 7.54. The zero-order chi connectivity index (χ0) is 12.2. The third-order valence-electron chi connectivity index (χ3n) is 6.66. The minimum Gasteiger partial charge on any atom is -0.328 e. The first-order chi connectivity index (χ1) is 8.78. The molecule has 102 valence electrons. The molecule has 1 spiro atoms. The Morgan fingerprint density at radius 1 is 0.833 bits per heavy atom. The molecule has 0 aromatic rings. The molecule has 4 aliphatic rings. The van der Waals surface area contributed by atoms with Gasteiger partial charge in [-0.3, -0.25) is 4.90 Å². The van der Waals surface area contributed by atoms with Crippen molar-refractivity contribution in [1.82, 2.24) is 4.90 Å². The Balaban J connectivity index is 1.53. The first kappa shape index (κ1) is 11.7. The number of hydrogen-bond donors (Lipinski definition) is 1. The van der Waals surface area contributed by atoms with Crippen LogP contribution in [0.2, 0.25) is 0 Å². The lowest BCUT2D eigenvalue weighted by Gasteiger charge is -2.59. The quantitative estimate of drug-likeness (QED) is 0.773. The first-order valence-electron chi connectivity index (χ1n) is 8.32.